The molecule has 1 amide bonds. The fourth-order valence-electron chi connectivity index (χ4n) is 3.84. The van der Waals surface area contributed by atoms with Crippen LogP contribution in [0.3, 0.4) is 0 Å². The van der Waals surface area contributed by atoms with Crippen LogP contribution in [0, 0.1) is 0 Å². The predicted molar refractivity (Wildman–Crippen MR) is 114 cm³/mol. The molecule has 5 nitrogen and oxygen atoms in total. The average Bonchev–Trinajstić information content (AvgIpc) is 3.08. The van der Waals surface area contributed by atoms with Gasteiger partial charge in [-0.25, -0.2) is 4.98 Å². The number of carbonyl (C=O) groups excluding carboxylic acids is 1. The molecule has 1 N–H and O–H groups in total. The molecular formula is C22H25ClN4O. The van der Waals surface area contributed by atoms with Gasteiger partial charge >= 0.3 is 0 Å². The van der Waals surface area contributed by atoms with E-state index >= 15 is 0 Å². The Bertz CT molecular complexity index is 958. The van der Waals surface area contributed by atoms with E-state index in [0.717, 1.165) is 50.4 Å². The molecule has 0 radical (unpaired) electrons. The maximum atomic E-state index is 12.4. The summed E-state index contributed by atoms with van der Waals surface area (Å²) in [5.74, 6) is 1.01. The number of amides is 1. The van der Waals surface area contributed by atoms with Gasteiger partial charge < -0.3 is 14.8 Å². The highest BCUT2D eigenvalue weighted by Crippen LogP contribution is 2.25. The Labute approximate surface area is 170 Å². The summed E-state index contributed by atoms with van der Waals surface area (Å²) < 4.78 is 2.32. The molecule has 1 fully saturated rings. The summed E-state index contributed by atoms with van der Waals surface area (Å²) in [6.07, 6.45) is 2.89. The topological polar surface area (TPSA) is 50.2 Å². The van der Waals surface area contributed by atoms with Gasteiger partial charge in [0, 0.05) is 36.3 Å². The molecule has 0 atom stereocenters. The first-order valence-corrected chi connectivity index (χ1v) is 10.3. The van der Waals surface area contributed by atoms with E-state index in [4.69, 9.17) is 16.6 Å². The Morgan fingerprint density at radius 2 is 1.86 bits per heavy atom. The van der Waals surface area contributed by atoms with Gasteiger partial charge in [0.05, 0.1) is 11.0 Å². The molecule has 6 heteroatoms. The zero-order chi connectivity index (χ0) is 19.5. The lowest BCUT2D eigenvalue weighted by molar-refractivity contribution is 0.0931. The normalized spacial score (nSPS) is 15.1. The summed E-state index contributed by atoms with van der Waals surface area (Å²) in [6, 6.07) is 15.5. The Morgan fingerprint density at radius 1 is 1.14 bits per heavy atom. The first kappa shape index (κ1) is 18.8. The van der Waals surface area contributed by atoms with Gasteiger partial charge in [-0.05, 0) is 55.7 Å². The van der Waals surface area contributed by atoms with Crippen LogP contribution >= 0.6 is 11.6 Å². The van der Waals surface area contributed by atoms with Crippen molar-refractivity contribution in [2.75, 3.05) is 18.0 Å². The van der Waals surface area contributed by atoms with Crippen LogP contribution in [0.2, 0.25) is 5.02 Å². The second-order valence-corrected chi connectivity index (χ2v) is 7.73. The SMILES string of the molecule is CCCn1c(N2CCC(NC(=O)c3ccc(Cl)cc3)CC2)nc2ccccc21. The number of carbonyl (C=O) groups is 1. The quantitative estimate of drug-likeness (QED) is 0.690. The van der Waals surface area contributed by atoms with Crippen molar-refractivity contribution in [1.82, 2.24) is 14.9 Å². The number of fused-ring (bicyclic) bond motifs is 1. The lowest BCUT2D eigenvalue weighted by Crippen LogP contribution is -2.45. The second kappa shape index (κ2) is 8.23. The minimum Gasteiger partial charge on any atom is -0.349 e. The number of halogens is 1. The standard InChI is InChI=1S/C22H25ClN4O/c1-2-13-27-20-6-4-3-5-19(20)25-22(27)26-14-11-18(12-15-26)24-21(28)16-7-9-17(23)10-8-16/h3-10,18H,2,11-15H2,1H3,(H,24,28). The largest absolute Gasteiger partial charge is 0.349 e. The van der Waals surface area contributed by atoms with Crippen molar-refractivity contribution in [3.05, 3.63) is 59.1 Å². The molecule has 0 spiro atoms. The van der Waals surface area contributed by atoms with Crippen molar-refractivity contribution in [3.8, 4) is 0 Å². The van der Waals surface area contributed by atoms with Crippen LogP contribution in [0.4, 0.5) is 5.95 Å². The van der Waals surface area contributed by atoms with Crippen molar-refractivity contribution >= 4 is 34.5 Å². The molecule has 0 aliphatic carbocycles. The van der Waals surface area contributed by atoms with Gasteiger partial charge in [0.15, 0.2) is 0 Å². The number of para-hydroxylation sites is 2. The third-order valence-corrected chi connectivity index (χ3v) is 5.55. The van der Waals surface area contributed by atoms with Crippen molar-refractivity contribution in [1.29, 1.82) is 0 Å². The smallest absolute Gasteiger partial charge is 0.251 e. The number of nitrogens with one attached hydrogen (secondary N) is 1. The highest BCUT2D eigenvalue weighted by molar-refractivity contribution is 6.30. The molecule has 3 aromatic rings. The number of nitrogens with zero attached hydrogens (tertiary/aromatic N) is 3. The predicted octanol–water partition coefficient (Wildman–Crippen LogP) is 4.50. The maximum absolute atomic E-state index is 12.4. The molecular weight excluding hydrogens is 372 g/mol. The number of piperidine rings is 1. The van der Waals surface area contributed by atoms with E-state index < -0.39 is 0 Å². The highest BCUT2D eigenvalue weighted by atomic mass is 35.5. The molecule has 146 valence electrons. The van der Waals surface area contributed by atoms with Crippen molar-refractivity contribution in [2.45, 2.75) is 38.8 Å². The summed E-state index contributed by atoms with van der Waals surface area (Å²) in [6.45, 7) is 4.93. The molecule has 1 aliphatic heterocycles. The Kier molecular flexibility index (Phi) is 5.53. The minimum absolute atomic E-state index is 0.0339. The van der Waals surface area contributed by atoms with E-state index in [-0.39, 0.29) is 11.9 Å². The number of rotatable bonds is 5. The monoisotopic (exact) mass is 396 g/mol. The van der Waals surface area contributed by atoms with Crippen molar-refractivity contribution in [2.24, 2.45) is 0 Å². The second-order valence-electron chi connectivity index (χ2n) is 7.29. The van der Waals surface area contributed by atoms with Gasteiger partial charge in [0.2, 0.25) is 5.95 Å². The van der Waals surface area contributed by atoms with E-state index in [2.05, 4.69) is 39.9 Å². The van der Waals surface area contributed by atoms with Gasteiger partial charge in [-0.15, -0.1) is 0 Å². The first-order chi connectivity index (χ1) is 13.7. The van der Waals surface area contributed by atoms with Crippen LogP contribution < -0.4 is 10.2 Å². The number of aryl methyl sites for hydroxylation is 1. The average molecular weight is 397 g/mol. The highest BCUT2D eigenvalue weighted by Gasteiger charge is 2.24. The van der Waals surface area contributed by atoms with Crippen LogP contribution in [-0.4, -0.2) is 34.6 Å². The fraction of sp³-hybridized carbons (Fsp3) is 0.364. The van der Waals surface area contributed by atoms with E-state index in [1.54, 1.807) is 24.3 Å². The molecule has 28 heavy (non-hydrogen) atoms. The van der Waals surface area contributed by atoms with E-state index in [0.29, 0.717) is 10.6 Å². The third-order valence-electron chi connectivity index (χ3n) is 5.30. The fourth-order valence-corrected chi connectivity index (χ4v) is 3.97. The zero-order valence-electron chi connectivity index (χ0n) is 16.1. The van der Waals surface area contributed by atoms with Crippen molar-refractivity contribution in [3.63, 3.8) is 0 Å². The minimum atomic E-state index is -0.0339. The molecule has 0 unspecified atom stereocenters. The van der Waals surface area contributed by atoms with Crippen LogP contribution in [0.25, 0.3) is 11.0 Å². The van der Waals surface area contributed by atoms with E-state index in [1.165, 1.54) is 5.52 Å². The van der Waals surface area contributed by atoms with E-state index in [1.807, 2.05) is 6.07 Å². The zero-order valence-corrected chi connectivity index (χ0v) is 16.8. The molecule has 4 rings (SSSR count). The third kappa shape index (κ3) is 3.85. The van der Waals surface area contributed by atoms with Gasteiger partial charge in [0.25, 0.3) is 5.91 Å². The summed E-state index contributed by atoms with van der Waals surface area (Å²) in [5, 5.41) is 3.80. The number of benzene rings is 2. The molecule has 1 aliphatic rings. The molecule has 0 saturated carbocycles. The van der Waals surface area contributed by atoms with Crippen LogP contribution in [0.1, 0.15) is 36.5 Å². The van der Waals surface area contributed by atoms with Crippen LogP contribution in [0.5, 0.6) is 0 Å². The van der Waals surface area contributed by atoms with Crippen LogP contribution in [0.15, 0.2) is 48.5 Å². The summed E-state index contributed by atoms with van der Waals surface area (Å²) in [4.78, 5) is 19.7. The number of imidazole rings is 1. The molecule has 1 saturated heterocycles. The number of hydrogen-bond donors (Lipinski definition) is 1. The summed E-state index contributed by atoms with van der Waals surface area (Å²) >= 11 is 5.90. The Morgan fingerprint density at radius 3 is 2.57 bits per heavy atom. The van der Waals surface area contributed by atoms with Crippen molar-refractivity contribution < 1.29 is 4.79 Å². The van der Waals surface area contributed by atoms with Gasteiger partial charge in [0.1, 0.15) is 0 Å². The Hall–Kier alpha value is -2.53. The summed E-state index contributed by atoms with van der Waals surface area (Å²) in [7, 11) is 0. The maximum Gasteiger partial charge on any atom is 0.251 e. The van der Waals surface area contributed by atoms with Gasteiger partial charge in [-0.2, -0.15) is 0 Å². The molecule has 0 bridgehead atoms. The number of anilines is 1. The van der Waals surface area contributed by atoms with E-state index in [9.17, 15) is 4.79 Å². The van der Waals surface area contributed by atoms with Crippen LogP contribution in [-0.2, 0) is 6.54 Å². The Balaban J connectivity index is 1.43. The lowest BCUT2D eigenvalue weighted by atomic mass is 10.0. The lowest BCUT2D eigenvalue weighted by Gasteiger charge is -2.33. The van der Waals surface area contributed by atoms with Gasteiger partial charge in [-0.1, -0.05) is 30.7 Å². The number of aromatic nitrogens is 2. The number of hydrogen-bond acceptors (Lipinski definition) is 3. The van der Waals surface area contributed by atoms with Gasteiger partial charge in [-0.3, -0.25) is 4.79 Å². The first-order valence-electron chi connectivity index (χ1n) is 9.92. The molecule has 2 aromatic carbocycles. The summed E-state index contributed by atoms with van der Waals surface area (Å²) in [5.41, 5.74) is 2.89. The molecule has 1 aromatic heterocycles. The molecule has 2 heterocycles.